The second-order valence-electron chi connectivity index (χ2n) is 7.52. The summed E-state index contributed by atoms with van der Waals surface area (Å²) in [6.45, 7) is 3.93. The van der Waals surface area contributed by atoms with Crippen molar-refractivity contribution in [2.75, 3.05) is 23.4 Å². The first kappa shape index (κ1) is 22.2. The Morgan fingerprint density at radius 2 is 1.93 bits per heavy atom. The molecule has 4 N–H and O–H groups in total. The van der Waals surface area contributed by atoms with Gasteiger partial charge < -0.3 is 20.2 Å². The van der Waals surface area contributed by atoms with E-state index in [0.29, 0.717) is 22.8 Å². The van der Waals surface area contributed by atoms with Crippen molar-refractivity contribution in [1.82, 2.24) is 9.97 Å². The number of aliphatic hydroxyl groups is 1. The Morgan fingerprint density at radius 1 is 1.23 bits per heavy atom. The Balaban J connectivity index is 1.75. The minimum Gasteiger partial charge on any atom is -0.491 e. The SMILES string of the molecule is CC(C)Oc1ccc(NN)c([B]c2cc(N3CCC(O)(C(F)(F)F)CC3)ncn2)c1. The average molecular weight is 422 g/mol. The van der Waals surface area contributed by atoms with Crippen LogP contribution >= 0.6 is 0 Å². The van der Waals surface area contributed by atoms with Gasteiger partial charge in [-0.3, -0.25) is 10.8 Å². The van der Waals surface area contributed by atoms with Gasteiger partial charge in [0.15, 0.2) is 5.60 Å². The molecule has 2 aromatic rings. The number of hydrazine groups is 1. The van der Waals surface area contributed by atoms with E-state index in [-0.39, 0.29) is 19.2 Å². The monoisotopic (exact) mass is 422 g/mol. The lowest BCUT2D eigenvalue weighted by Gasteiger charge is -2.39. The molecular weight excluding hydrogens is 398 g/mol. The standard InChI is InChI=1S/C19H24BF3N5O2/c1-12(2)30-13-3-4-15(27-24)14(9-13)20-16-10-17(26-11-25-16)28-7-5-18(29,6-8-28)19(21,22)23/h3-4,9-12,27,29H,5-8,24H2,1-2H3. The summed E-state index contributed by atoms with van der Waals surface area (Å²) < 4.78 is 44.8. The van der Waals surface area contributed by atoms with E-state index >= 15 is 0 Å². The van der Waals surface area contributed by atoms with Crippen LogP contribution in [0.2, 0.25) is 0 Å². The van der Waals surface area contributed by atoms with Crippen molar-refractivity contribution in [2.45, 2.75) is 44.6 Å². The van der Waals surface area contributed by atoms with Crippen LogP contribution in [-0.4, -0.2) is 53.3 Å². The van der Waals surface area contributed by atoms with Gasteiger partial charge in [0.25, 0.3) is 0 Å². The van der Waals surface area contributed by atoms with Crippen LogP contribution in [0.4, 0.5) is 24.7 Å². The molecule has 0 unspecified atom stereocenters. The first-order valence-corrected chi connectivity index (χ1v) is 9.59. The molecule has 2 heterocycles. The zero-order chi connectivity index (χ0) is 21.9. The van der Waals surface area contributed by atoms with E-state index < -0.39 is 24.6 Å². The highest BCUT2D eigenvalue weighted by atomic mass is 19.4. The van der Waals surface area contributed by atoms with E-state index in [4.69, 9.17) is 10.6 Å². The number of nitrogens with two attached hydrogens (primary N) is 1. The summed E-state index contributed by atoms with van der Waals surface area (Å²) in [4.78, 5) is 10.1. The second kappa shape index (κ2) is 8.69. The highest BCUT2D eigenvalue weighted by Crippen LogP contribution is 2.38. The van der Waals surface area contributed by atoms with Gasteiger partial charge in [-0.15, -0.1) is 0 Å². The lowest BCUT2D eigenvalue weighted by atomic mass is 9.66. The van der Waals surface area contributed by atoms with Crippen molar-refractivity contribution in [1.29, 1.82) is 0 Å². The Morgan fingerprint density at radius 3 is 2.53 bits per heavy atom. The third-order valence-corrected chi connectivity index (χ3v) is 4.97. The van der Waals surface area contributed by atoms with Gasteiger partial charge in [-0.05, 0) is 38.1 Å². The minimum absolute atomic E-state index is 0.00892. The number of halogens is 3. The fourth-order valence-corrected chi connectivity index (χ4v) is 3.30. The predicted molar refractivity (Wildman–Crippen MR) is 110 cm³/mol. The van der Waals surface area contributed by atoms with Crippen molar-refractivity contribution in [3.05, 3.63) is 30.6 Å². The molecule has 1 saturated heterocycles. The first-order valence-electron chi connectivity index (χ1n) is 9.59. The molecule has 0 atom stereocenters. The van der Waals surface area contributed by atoms with Crippen LogP contribution in [0.1, 0.15) is 26.7 Å². The Kier molecular flexibility index (Phi) is 6.42. The van der Waals surface area contributed by atoms with Crippen LogP contribution in [0.5, 0.6) is 5.75 Å². The van der Waals surface area contributed by atoms with Gasteiger partial charge in [0, 0.05) is 37.2 Å². The second-order valence-corrected chi connectivity index (χ2v) is 7.52. The molecule has 1 fully saturated rings. The maximum atomic E-state index is 13.0. The fourth-order valence-electron chi connectivity index (χ4n) is 3.30. The van der Waals surface area contributed by atoms with Gasteiger partial charge in [0.2, 0.25) is 7.28 Å². The summed E-state index contributed by atoms with van der Waals surface area (Å²) in [5.74, 6) is 6.77. The van der Waals surface area contributed by atoms with Gasteiger partial charge in [0.05, 0.1) is 6.10 Å². The van der Waals surface area contributed by atoms with Crippen LogP contribution in [0.25, 0.3) is 0 Å². The summed E-state index contributed by atoms with van der Waals surface area (Å²) in [5, 5.41) is 9.85. The third-order valence-electron chi connectivity index (χ3n) is 4.97. The summed E-state index contributed by atoms with van der Waals surface area (Å²) in [6, 6.07) is 7.09. The quantitative estimate of drug-likeness (QED) is 0.365. The van der Waals surface area contributed by atoms with Crippen LogP contribution in [-0.2, 0) is 0 Å². The Hall–Kier alpha value is -2.53. The number of alkyl halides is 3. The van der Waals surface area contributed by atoms with Gasteiger partial charge in [-0.2, -0.15) is 13.2 Å². The largest absolute Gasteiger partial charge is 0.491 e. The number of hydrogen-bond donors (Lipinski definition) is 3. The van der Waals surface area contributed by atoms with Gasteiger partial charge >= 0.3 is 6.18 Å². The molecule has 1 aliphatic heterocycles. The number of hydrogen-bond acceptors (Lipinski definition) is 7. The average Bonchev–Trinajstić information content (AvgIpc) is 2.68. The maximum Gasteiger partial charge on any atom is 0.417 e. The van der Waals surface area contributed by atoms with Crippen LogP contribution in [0, 0.1) is 0 Å². The number of benzene rings is 1. The molecule has 0 bridgehead atoms. The minimum atomic E-state index is -4.64. The summed E-state index contributed by atoms with van der Waals surface area (Å²) in [7, 11) is 1.78. The summed E-state index contributed by atoms with van der Waals surface area (Å²) >= 11 is 0. The normalized spacial score (nSPS) is 16.5. The van der Waals surface area contributed by atoms with Crippen molar-refractivity contribution < 1.29 is 23.0 Å². The molecule has 0 saturated carbocycles. The predicted octanol–water partition coefficient (Wildman–Crippen LogP) is 1.10. The molecule has 1 aromatic carbocycles. The first-order chi connectivity index (χ1) is 14.1. The summed E-state index contributed by atoms with van der Waals surface area (Å²) in [6.07, 6.45) is -4.09. The maximum absolute atomic E-state index is 13.0. The van der Waals surface area contributed by atoms with Gasteiger partial charge in [-0.25, -0.2) is 4.98 Å². The molecule has 30 heavy (non-hydrogen) atoms. The van der Waals surface area contributed by atoms with E-state index in [2.05, 4.69) is 15.4 Å². The molecule has 0 aliphatic carbocycles. The number of ether oxygens (including phenoxy) is 1. The smallest absolute Gasteiger partial charge is 0.417 e. The molecule has 0 spiro atoms. The van der Waals surface area contributed by atoms with Crippen LogP contribution in [0.15, 0.2) is 30.6 Å². The number of piperidine rings is 1. The van der Waals surface area contributed by atoms with Crippen LogP contribution in [0.3, 0.4) is 0 Å². The van der Waals surface area contributed by atoms with Crippen LogP contribution < -0.4 is 32.0 Å². The molecule has 1 aromatic heterocycles. The van der Waals surface area contributed by atoms with Crippen molar-refractivity contribution in [3.63, 3.8) is 0 Å². The molecular formula is C19H24BF3N5O2. The molecule has 11 heteroatoms. The number of nitrogen functional groups attached to an aromatic ring is 1. The molecule has 161 valence electrons. The van der Waals surface area contributed by atoms with E-state index in [0.717, 1.165) is 5.46 Å². The molecule has 3 rings (SSSR count). The Labute approximate surface area is 173 Å². The molecule has 0 amide bonds. The topological polar surface area (TPSA) is 96.5 Å². The third kappa shape index (κ3) is 4.96. The fraction of sp³-hybridized carbons (Fsp3) is 0.474. The summed E-state index contributed by atoms with van der Waals surface area (Å²) in [5.41, 5.74) is 1.95. The number of aromatic nitrogens is 2. The van der Waals surface area contributed by atoms with Gasteiger partial charge in [-0.1, -0.05) is 5.46 Å². The van der Waals surface area contributed by atoms with Crippen molar-refractivity contribution in [2.24, 2.45) is 5.84 Å². The van der Waals surface area contributed by atoms with E-state index in [1.165, 1.54) is 6.33 Å². The van der Waals surface area contributed by atoms with E-state index in [1.54, 1.807) is 30.4 Å². The number of anilines is 2. The highest BCUT2D eigenvalue weighted by Gasteiger charge is 2.54. The lowest BCUT2D eigenvalue weighted by molar-refractivity contribution is -0.266. The Bertz CT molecular complexity index is 873. The van der Waals surface area contributed by atoms with E-state index in [1.807, 2.05) is 19.9 Å². The molecule has 7 nitrogen and oxygen atoms in total. The zero-order valence-electron chi connectivity index (χ0n) is 16.8. The zero-order valence-corrected chi connectivity index (χ0v) is 16.8. The number of rotatable bonds is 6. The molecule has 1 radical (unpaired) electrons. The van der Waals surface area contributed by atoms with E-state index in [9.17, 15) is 18.3 Å². The van der Waals surface area contributed by atoms with Gasteiger partial charge in [0.1, 0.15) is 17.9 Å². The van der Waals surface area contributed by atoms with Crippen molar-refractivity contribution in [3.8, 4) is 5.75 Å². The number of nitrogens with zero attached hydrogens (tertiary/aromatic N) is 3. The molecule has 1 aliphatic rings. The number of nitrogens with one attached hydrogen (secondary N) is 1. The highest BCUT2D eigenvalue weighted by molar-refractivity contribution is 6.68. The van der Waals surface area contributed by atoms with Crippen molar-refractivity contribution >= 4 is 29.8 Å². The lowest BCUT2D eigenvalue weighted by Crippen LogP contribution is -2.53.